The molecule has 2 heterocycles. The van der Waals surface area contributed by atoms with Crippen LogP contribution in [0.15, 0.2) is 170 Å². The molecular formula is C43H28N2. The van der Waals surface area contributed by atoms with Gasteiger partial charge in [0.15, 0.2) is 0 Å². The van der Waals surface area contributed by atoms with Crippen LogP contribution in [0, 0.1) is 0 Å². The number of aromatic nitrogens is 2. The largest absolute Gasteiger partial charge is 0.309 e. The molecule has 0 spiro atoms. The molecule has 0 radical (unpaired) electrons. The van der Waals surface area contributed by atoms with Gasteiger partial charge in [-0.3, -0.25) is 0 Å². The molecule has 9 aromatic rings. The van der Waals surface area contributed by atoms with Gasteiger partial charge in [-0.2, -0.15) is 0 Å². The highest BCUT2D eigenvalue weighted by Crippen LogP contribution is 2.42. The van der Waals surface area contributed by atoms with Crippen LogP contribution in [0.4, 0.5) is 0 Å². The summed E-state index contributed by atoms with van der Waals surface area (Å²) < 4.78 is 2.44. The third kappa shape index (κ3) is 4.22. The highest BCUT2D eigenvalue weighted by Gasteiger charge is 2.19. The number of hydrogen-bond acceptors (Lipinski definition) is 1. The molecule has 0 fully saturated rings. The Labute approximate surface area is 261 Å². The van der Waals surface area contributed by atoms with Crippen molar-refractivity contribution in [2.24, 2.45) is 0 Å². The van der Waals surface area contributed by atoms with Crippen molar-refractivity contribution in [2.45, 2.75) is 0 Å². The van der Waals surface area contributed by atoms with Crippen LogP contribution in [0.5, 0.6) is 0 Å². The van der Waals surface area contributed by atoms with Gasteiger partial charge in [-0.05, 0) is 63.4 Å². The molecule has 0 amide bonds. The first-order valence-electron chi connectivity index (χ1n) is 15.4. The Hall–Kier alpha value is -5.99. The fourth-order valence-electron chi connectivity index (χ4n) is 6.84. The fraction of sp³-hybridized carbons (Fsp3) is 0. The third-order valence-electron chi connectivity index (χ3n) is 8.97. The summed E-state index contributed by atoms with van der Waals surface area (Å²) >= 11 is 0. The van der Waals surface area contributed by atoms with Crippen LogP contribution in [0.1, 0.15) is 0 Å². The zero-order valence-corrected chi connectivity index (χ0v) is 24.6. The normalized spacial score (nSPS) is 11.6. The summed E-state index contributed by atoms with van der Waals surface area (Å²) in [5.74, 6) is 0. The minimum atomic E-state index is 0.978. The Bertz CT molecular complexity index is 2510. The Morgan fingerprint density at radius 2 is 1.04 bits per heavy atom. The average molecular weight is 573 g/mol. The van der Waals surface area contributed by atoms with Gasteiger partial charge in [-0.1, -0.05) is 140 Å². The van der Waals surface area contributed by atoms with Crippen molar-refractivity contribution in [3.05, 3.63) is 170 Å². The van der Waals surface area contributed by atoms with Crippen LogP contribution < -0.4 is 0 Å². The first kappa shape index (κ1) is 25.5. The summed E-state index contributed by atoms with van der Waals surface area (Å²) in [6.07, 6.45) is 0. The average Bonchev–Trinajstić information content (AvgIpc) is 3.45. The molecule has 0 unspecified atom stereocenters. The molecule has 2 aromatic heterocycles. The topological polar surface area (TPSA) is 17.8 Å². The van der Waals surface area contributed by atoms with Crippen molar-refractivity contribution in [3.63, 3.8) is 0 Å². The number of fused-ring (bicyclic) bond motifs is 6. The predicted molar refractivity (Wildman–Crippen MR) is 190 cm³/mol. The van der Waals surface area contributed by atoms with Crippen LogP contribution >= 0.6 is 0 Å². The summed E-state index contributed by atoms with van der Waals surface area (Å²) in [6.45, 7) is 0. The molecule has 0 aliphatic heterocycles. The quantitative estimate of drug-likeness (QED) is 0.205. The summed E-state index contributed by atoms with van der Waals surface area (Å²) in [5, 5.41) is 6.16. The van der Waals surface area contributed by atoms with Gasteiger partial charge in [-0.25, -0.2) is 4.98 Å². The van der Waals surface area contributed by atoms with Gasteiger partial charge in [-0.15, -0.1) is 0 Å². The molecule has 0 atom stereocenters. The lowest BCUT2D eigenvalue weighted by molar-refractivity contribution is 1.18. The van der Waals surface area contributed by atoms with E-state index in [1.807, 2.05) is 6.07 Å². The van der Waals surface area contributed by atoms with Gasteiger partial charge in [0.2, 0.25) is 0 Å². The minimum Gasteiger partial charge on any atom is -0.309 e. The van der Waals surface area contributed by atoms with Crippen LogP contribution in [0.2, 0.25) is 0 Å². The lowest BCUT2D eigenvalue weighted by atomic mass is 9.94. The standard InChI is InChI=1S/C43H28N2/c1-4-12-29(13-5-1)33-21-24-37-41(26-33)45(34-23-20-32-22-25-39(44-40(32)27-34)31-16-8-3-9-17-31)42-28-38(30-14-6-2-7-15-30)35-18-10-11-19-36(35)43(37)42/h1-28H. The number of pyridine rings is 1. The summed E-state index contributed by atoms with van der Waals surface area (Å²) in [4.78, 5) is 5.14. The number of benzene rings is 7. The molecule has 0 N–H and O–H groups in total. The zero-order chi connectivity index (χ0) is 29.7. The van der Waals surface area contributed by atoms with E-state index in [9.17, 15) is 0 Å². The second-order valence-electron chi connectivity index (χ2n) is 11.6. The van der Waals surface area contributed by atoms with Crippen molar-refractivity contribution in [1.82, 2.24) is 9.55 Å². The smallest absolute Gasteiger partial charge is 0.0730 e. The molecule has 0 aliphatic carbocycles. The molecule has 0 bridgehead atoms. The lowest BCUT2D eigenvalue weighted by Crippen LogP contribution is -1.96. The second kappa shape index (κ2) is 10.3. The zero-order valence-electron chi connectivity index (χ0n) is 24.6. The lowest BCUT2D eigenvalue weighted by Gasteiger charge is -2.13. The van der Waals surface area contributed by atoms with Crippen molar-refractivity contribution < 1.29 is 0 Å². The Morgan fingerprint density at radius 3 is 1.80 bits per heavy atom. The maximum Gasteiger partial charge on any atom is 0.0730 e. The Kier molecular flexibility index (Phi) is 5.85. The van der Waals surface area contributed by atoms with E-state index in [0.29, 0.717) is 0 Å². The predicted octanol–water partition coefficient (Wildman–Crippen LogP) is 11.5. The van der Waals surface area contributed by atoms with Gasteiger partial charge >= 0.3 is 0 Å². The highest BCUT2D eigenvalue weighted by molar-refractivity contribution is 6.24. The van der Waals surface area contributed by atoms with E-state index < -0.39 is 0 Å². The Morgan fingerprint density at radius 1 is 0.400 bits per heavy atom. The molecule has 0 saturated heterocycles. The molecule has 2 nitrogen and oxygen atoms in total. The van der Waals surface area contributed by atoms with E-state index in [4.69, 9.17) is 4.98 Å². The van der Waals surface area contributed by atoms with E-state index in [1.165, 1.54) is 54.8 Å². The third-order valence-corrected chi connectivity index (χ3v) is 8.97. The molecule has 210 valence electrons. The fourth-order valence-corrected chi connectivity index (χ4v) is 6.84. The Balaban J connectivity index is 1.39. The van der Waals surface area contributed by atoms with Crippen LogP contribution in [0.3, 0.4) is 0 Å². The summed E-state index contributed by atoms with van der Waals surface area (Å²) in [7, 11) is 0. The summed E-state index contributed by atoms with van der Waals surface area (Å²) in [5.41, 5.74) is 11.4. The van der Waals surface area contributed by atoms with Crippen molar-refractivity contribution in [1.29, 1.82) is 0 Å². The van der Waals surface area contributed by atoms with Gasteiger partial charge in [0, 0.05) is 27.4 Å². The van der Waals surface area contributed by atoms with E-state index >= 15 is 0 Å². The van der Waals surface area contributed by atoms with Gasteiger partial charge in [0.25, 0.3) is 0 Å². The minimum absolute atomic E-state index is 0.978. The van der Waals surface area contributed by atoms with Crippen molar-refractivity contribution >= 4 is 43.5 Å². The molecule has 9 rings (SSSR count). The molecule has 0 aliphatic rings. The molecule has 45 heavy (non-hydrogen) atoms. The van der Waals surface area contributed by atoms with Crippen LogP contribution in [-0.4, -0.2) is 9.55 Å². The molecule has 7 aromatic carbocycles. The first-order chi connectivity index (χ1) is 22.3. The number of hydrogen-bond donors (Lipinski definition) is 0. The molecule has 2 heteroatoms. The van der Waals surface area contributed by atoms with Gasteiger partial charge in [0.05, 0.1) is 22.2 Å². The van der Waals surface area contributed by atoms with Gasteiger partial charge in [0.1, 0.15) is 0 Å². The van der Waals surface area contributed by atoms with Crippen molar-refractivity contribution in [3.8, 4) is 39.2 Å². The van der Waals surface area contributed by atoms with E-state index in [0.717, 1.165) is 27.8 Å². The maximum atomic E-state index is 5.14. The first-order valence-corrected chi connectivity index (χ1v) is 15.4. The SMILES string of the molecule is c1ccc(-c2ccc3c4c5ccccc5c(-c5ccccc5)cc4n(-c4ccc5ccc(-c6ccccc6)nc5c4)c3c2)cc1. The van der Waals surface area contributed by atoms with Crippen molar-refractivity contribution in [2.75, 3.05) is 0 Å². The van der Waals surface area contributed by atoms with E-state index in [2.05, 4.69) is 168 Å². The monoisotopic (exact) mass is 572 g/mol. The van der Waals surface area contributed by atoms with Gasteiger partial charge < -0.3 is 4.57 Å². The number of nitrogens with zero attached hydrogens (tertiary/aromatic N) is 2. The van der Waals surface area contributed by atoms with Crippen LogP contribution in [-0.2, 0) is 0 Å². The van der Waals surface area contributed by atoms with E-state index in [-0.39, 0.29) is 0 Å². The summed E-state index contributed by atoms with van der Waals surface area (Å²) in [6, 6.07) is 60.9. The maximum absolute atomic E-state index is 5.14. The highest BCUT2D eigenvalue weighted by atomic mass is 15.0. The molecule has 0 saturated carbocycles. The van der Waals surface area contributed by atoms with Crippen LogP contribution in [0.25, 0.3) is 82.7 Å². The second-order valence-corrected chi connectivity index (χ2v) is 11.6. The van der Waals surface area contributed by atoms with E-state index in [1.54, 1.807) is 0 Å². The number of rotatable bonds is 4. The molecular weight excluding hydrogens is 544 g/mol.